The number of hydrogen-bond donors (Lipinski definition) is 0. The lowest BCUT2D eigenvalue weighted by Crippen LogP contribution is -2.16. The van der Waals surface area contributed by atoms with Gasteiger partial charge in [-0.25, -0.2) is 4.79 Å². The highest BCUT2D eigenvalue weighted by Gasteiger charge is 2.22. The second kappa shape index (κ2) is 6.99. The Morgan fingerprint density at radius 2 is 1.92 bits per heavy atom. The van der Waals surface area contributed by atoms with Crippen molar-refractivity contribution in [3.8, 4) is 0 Å². The Labute approximate surface area is 138 Å². The van der Waals surface area contributed by atoms with Crippen LogP contribution in [0.3, 0.4) is 0 Å². The standard InChI is InChI=1S/C17H16N2O5/c1-10(2)13-9-14(11(3)8-16(13)20)18-24-17(21)12-6-4-5-7-15(12)19(22)23/h4-10H,1-3H3/b18-14+. The SMILES string of the molecule is CC1=CC(=O)C(C(C)C)=C/C1=N\OC(=O)c1ccccc1[N+](=O)[O-]. The van der Waals surface area contributed by atoms with Gasteiger partial charge < -0.3 is 4.84 Å². The van der Waals surface area contributed by atoms with Gasteiger partial charge in [-0.2, -0.15) is 0 Å². The Bertz CT molecular complexity index is 803. The normalized spacial score (nSPS) is 16.0. The first-order valence-electron chi connectivity index (χ1n) is 7.28. The minimum absolute atomic E-state index is 0.00189. The summed E-state index contributed by atoms with van der Waals surface area (Å²) in [5.41, 5.74) is 0.909. The van der Waals surface area contributed by atoms with Gasteiger partial charge >= 0.3 is 5.97 Å². The molecule has 0 radical (unpaired) electrons. The van der Waals surface area contributed by atoms with E-state index in [0.717, 1.165) is 0 Å². The number of allylic oxidation sites excluding steroid dienone is 4. The van der Waals surface area contributed by atoms with Gasteiger partial charge in [0.15, 0.2) is 5.78 Å². The van der Waals surface area contributed by atoms with Crippen molar-refractivity contribution in [2.45, 2.75) is 20.8 Å². The van der Waals surface area contributed by atoms with Crippen LogP contribution in [-0.4, -0.2) is 22.4 Å². The Kier molecular flexibility index (Phi) is 5.03. The highest BCUT2D eigenvalue weighted by Crippen LogP contribution is 2.21. The maximum Gasteiger partial charge on any atom is 0.372 e. The average Bonchev–Trinajstić information content (AvgIpc) is 2.53. The number of para-hydroxylation sites is 1. The molecular formula is C17H16N2O5. The predicted octanol–water partition coefficient (Wildman–Crippen LogP) is 3.22. The number of nitro benzene ring substituents is 1. The Morgan fingerprint density at radius 1 is 1.25 bits per heavy atom. The van der Waals surface area contributed by atoms with Crippen LogP contribution in [0.2, 0.25) is 0 Å². The van der Waals surface area contributed by atoms with E-state index in [0.29, 0.717) is 16.9 Å². The molecule has 0 saturated carbocycles. The van der Waals surface area contributed by atoms with Crippen molar-refractivity contribution in [3.63, 3.8) is 0 Å². The van der Waals surface area contributed by atoms with E-state index in [1.807, 2.05) is 13.8 Å². The highest BCUT2D eigenvalue weighted by atomic mass is 16.7. The van der Waals surface area contributed by atoms with Crippen molar-refractivity contribution in [3.05, 3.63) is 63.2 Å². The molecule has 24 heavy (non-hydrogen) atoms. The number of carbonyl (C=O) groups is 2. The molecule has 124 valence electrons. The van der Waals surface area contributed by atoms with Gasteiger partial charge in [0.05, 0.1) is 4.92 Å². The molecule has 7 nitrogen and oxygen atoms in total. The zero-order valence-corrected chi connectivity index (χ0v) is 13.5. The van der Waals surface area contributed by atoms with Crippen LogP contribution in [-0.2, 0) is 9.63 Å². The summed E-state index contributed by atoms with van der Waals surface area (Å²) in [4.78, 5) is 39.1. The number of hydrogen-bond acceptors (Lipinski definition) is 6. The first-order valence-corrected chi connectivity index (χ1v) is 7.28. The molecule has 2 rings (SSSR count). The number of nitrogens with zero attached hydrogens (tertiary/aromatic N) is 2. The van der Waals surface area contributed by atoms with Crippen LogP contribution in [0.1, 0.15) is 31.1 Å². The summed E-state index contributed by atoms with van der Waals surface area (Å²) in [6.07, 6.45) is 2.99. The van der Waals surface area contributed by atoms with Crippen LogP contribution in [0.25, 0.3) is 0 Å². The van der Waals surface area contributed by atoms with Gasteiger partial charge in [0, 0.05) is 11.6 Å². The molecule has 0 aromatic heterocycles. The molecule has 1 aliphatic carbocycles. The summed E-state index contributed by atoms with van der Waals surface area (Å²) < 4.78 is 0. The lowest BCUT2D eigenvalue weighted by molar-refractivity contribution is -0.385. The number of ketones is 1. The highest BCUT2D eigenvalue weighted by molar-refractivity contribution is 6.21. The topological polar surface area (TPSA) is 98.9 Å². The van der Waals surface area contributed by atoms with E-state index in [1.165, 1.54) is 30.3 Å². The van der Waals surface area contributed by atoms with Crippen LogP contribution in [0.15, 0.2) is 52.7 Å². The first kappa shape index (κ1) is 17.3. The third-order valence-corrected chi connectivity index (χ3v) is 3.50. The summed E-state index contributed by atoms with van der Waals surface area (Å²) in [5, 5.41) is 14.7. The molecule has 0 bridgehead atoms. The molecule has 1 aliphatic rings. The predicted molar refractivity (Wildman–Crippen MR) is 87.6 cm³/mol. The number of nitro groups is 1. The summed E-state index contributed by atoms with van der Waals surface area (Å²) >= 11 is 0. The lowest BCUT2D eigenvalue weighted by atomic mass is 9.90. The second-order valence-corrected chi connectivity index (χ2v) is 5.58. The zero-order valence-electron chi connectivity index (χ0n) is 13.5. The van der Waals surface area contributed by atoms with Crippen molar-refractivity contribution >= 4 is 23.2 Å². The fraction of sp³-hybridized carbons (Fsp3) is 0.235. The van der Waals surface area contributed by atoms with Crippen LogP contribution in [0.4, 0.5) is 5.69 Å². The third kappa shape index (κ3) is 3.62. The summed E-state index contributed by atoms with van der Waals surface area (Å²) in [6.45, 7) is 5.41. The molecule has 1 aromatic carbocycles. The van der Waals surface area contributed by atoms with E-state index in [9.17, 15) is 19.7 Å². The van der Waals surface area contributed by atoms with Crippen LogP contribution in [0, 0.1) is 16.0 Å². The molecule has 0 amide bonds. The van der Waals surface area contributed by atoms with Gasteiger partial charge in [-0.15, -0.1) is 0 Å². The van der Waals surface area contributed by atoms with Crippen molar-refractivity contribution < 1.29 is 19.3 Å². The van der Waals surface area contributed by atoms with Gasteiger partial charge in [-0.3, -0.25) is 14.9 Å². The fourth-order valence-electron chi connectivity index (χ4n) is 2.18. The third-order valence-electron chi connectivity index (χ3n) is 3.50. The lowest BCUT2D eigenvalue weighted by Gasteiger charge is -2.14. The van der Waals surface area contributed by atoms with Crippen molar-refractivity contribution in [2.75, 3.05) is 0 Å². The largest absolute Gasteiger partial charge is 0.372 e. The molecule has 0 heterocycles. The Balaban J connectivity index is 2.27. The molecule has 0 N–H and O–H groups in total. The average molecular weight is 328 g/mol. The van der Waals surface area contributed by atoms with E-state index in [4.69, 9.17) is 4.84 Å². The summed E-state index contributed by atoms with van der Waals surface area (Å²) in [6, 6.07) is 5.46. The quantitative estimate of drug-likeness (QED) is 0.366. The van der Waals surface area contributed by atoms with Gasteiger partial charge in [-0.05, 0) is 36.6 Å². The summed E-state index contributed by atoms with van der Waals surface area (Å²) in [5.74, 6) is -1.04. The minimum atomic E-state index is -0.931. The molecule has 0 unspecified atom stereocenters. The number of oxime groups is 1. The molecule has 0 spiro atoms. The van der Waals surface area contributed by atoms with Crippen LogP contribution in [0.5, 0.6) is 0 Å². The van der Waals surface area contributed by atoms with Crippen LogP contribution < -0.4 is 0 Å². The van der Waals surface area contributed by atoms with E-state index in [2.05, 4.69) is 5.16 Å². The molecule has 0 saturated heterocycles. The number of rotatable bonds is 4. The smallest absolute Gasteiger partial charge is 0.312 e. The van der Waals surface area contributed by atoms with Crippen molar-refractivity contribution in [1.29, 1.82) is 0 Å². The van der Waals surface area contributed by atoms with E-state index in [1.54, 1.807) is 13.0 Å². The second-order valence-electron chi connectivity index (χ2n) is 5.58. The Morgan fingerprint density at radius 3 is 2.54 bits per heavy atom. The van der Waals surface area contributed by atoms with E-state index < -0.39 is 10.9 Å². The van der Waals surface area contributed by atoms with Crippen molar-refractivity contribution in [1.82, 2.24) is 0 Å². The van der Waals surface area contributed by atoms with E-state index >= 15 is 0 Å². The monoisotopic (exact) mass is 328 g/mol. The number of benzene rings is 1. The van der Waals surface area contributed by atoms with Gasteiger partial charge in [0.2, 0.25) is 0 Å². The molecule has 0 atom stereocenters. The van der Waals surface area contributed by atoms with Gasteiger partial charge in [-0.1, -0.05) is 31.1 Å². The molecule has 0 aliphatic heterocycles. The zero-order chi connectivity index (χ0) is 17.9. The molecular weight excluding hydrogens is 312 g/mol. The van der Waals surface area contributed by atoms with Gasteiger partial charge in [0.1, 0.15) is 11.3 Å². The Hall–Kier alpha value is -3.09. The number of carbonyl (C=O) groups excluding carboxylic acids is 2. The van der Waals surface area contributed by atoms with E-state index in [-0.39, 0.29) is 23.0 Å². The molecule has 7 heteroatoms. The van der Waals surface area contributed by atoms with Gasteiger partial charge in [0.25, 0.3) is 5.69 Å². The maximum absolute atomic E-state index is 12.1. The molecule has 0 fully saturated rings. The molecule has 1 aromatic rings. The maximum atomic E-state index is 12.1. The van der Waals surface area contributed by atoms with Crippen LogP contribution >= 0.6 is 0 Å². The minimum Gasteiger partial charge on any atom is -0.312 e. The van der Waals surface area contributed by atoms with Crippen molar-refractivity contribution in [2.24, 2.45) is 11.1 Å². The summed E-state index contributed by atoms with van der Waals surface area (Å²) in [7, 11) is 0. The first-order chi connectivity index (χ1) is 11.3. The fourth-order valence-corrected chi connectivity index (χ4v) is 2.18.